The number of aromatic nitrogens is 1. The number of benzene rings is 1. The largest absolute Gasteiger partial charge is 0.352 e. The number of carbonyl (C=O) groups is 2. The maximum atomic E-state index is 12.5. The van der Waals surface area contributed by atoms with E-state index in [9.17, 15) is 9.59 Å². The first kappa shape index (κ1) is 18.0. The average Bonchev–Trinajstić information content (AvgIpc) is 2.84. The second kappa shape index (κ2) is 8.13. The Morgan fingerprint density at radius 3 is 2.89 bits per heavy atom. The van der Waals surface area contributed by atoms with Crippen molar-refractivity contribution in [2.75, 3.05) is 11.9 Å². The molecule has 6 heteroatoms. The normalized spacial score (nSPS) is 16.7. The van der Waals surface area contributed by atoms with Crippen molar-refractivity contribution in [3.63, 3.8) is 0 Å². The Morgan fingerprint density at radius 2 is 2.04 bits per heavy atom. The van der Waals surface area contributed by atoms with E-state index in [1.807, 2.05) is 18.2 Å². The van der Waals surface area contributed by atoms with Gasteiger partial charge in [-0.1, -0.05) is 43.9 Å². The van der Waals surface area contributed by atoms with Crippen molar-refractivity contribution >= 4 is 29.3 Å². The number of amides is 2. The lowest BCUT2D eigenvalue weighted by Crippen LogP contribution is -2.26. The number of pyridine rings is 1. The van der Waals surface area contributed by atoms with Crippen molar-refractivity contribution in [2.45, 2.75) is 48.3 Å². The fraction of sp³-hybridized carbons (Fsp3) is 0.381. The van der Waals surface area contributed by atoms with Crippen molar-refractivity contribution < 1.29 is 9.59 Å². The van der Waals surface area contributed by atoms with Crippen LogP contribution in [0.3, 0.4) is 0 Å². The fourth-order valence-corrected chi connectivity index (χ4v) is 4.75. The molecule has 2 heterocycles. The summed E-state index contributed by atoms with van der Waals surface area (Å²) < 4.78 is 0. The average molecular weight is 382 g/mol. The predicted molar refractivity (Wildman–Crippen MR) is 106 cm³/mol. The van der Waals surface area contributed by atoms with Gasteiger partial charge in [0.05, 0.1) is 11.3 Å². The second-order valence-electron chi connectivity index (χ2n) is 7.19. The summed E-state index contributed by atoms with van der Waals surface area (Å²) in [7, 11) is 0. The minimum Gasteiger partial charge on any atom is -0.352 e. The summed E-state index contributed by atoms with van der Waals surface area (Å²) in [5.41, 5.74) is 1.79. The number of fused-ring (bicyclic) bond motifs is 2. The molecule has 2 aromatic rings. The van der Waals surface area contributed by atoms with Gasteiger partial charge in [-0.15, -0.1) is 0 Å². The van der Waals surface area contributed by atoms with E-state index in [4.69, 9.17) is 0 Å². The highest BCUT2D eigenvalue weighted by Crippen LogP contribution is 2.38. The molecule has 2 aliphatic rings. The smallest absolute Gasteiger partial charge is 0.258 e. The number of anilines is 1. The topological polar surface area (TPSA) is 71.1 Å². The van der Waals surface area contributed by atoms with Gasteiger partial charge in [0.2, 0.25) is 0 Å². The monoisotopic (exact) mass is 381 g/mol. The SMILES string of the molecule is O=C(NCCC1CCCCC1)c1ccc2c(c1)NC(=O)c1cnccc1S2. The Balaban J connectivity index is 1.43. The third-order valence-electron chi connectivity index (χ3n) is 5.30. The van der Waals surface area contributed by atoms with Gasteiger partial charge in [-0.25, -0.2) is 0 Å². The summed E-state index contributed by atoms with van der Waals surface area (Å²) in [6.07, 6.45) is 10.9. The Kier molecular flexibility index (Phi) is 5.43. The van der Waals surface area contributed by atoms with Crippen LogP contribution in [0, 0.1) is 5.92 Å². The minimum absolute atomic E-state index is 0.0868. The molecule has 0 saturated heterocycles. The molecule has 0 atom stereocenters. The van der Waals surface area contributed by atoms with Crippen LogP contribution in [0.4, 0.5) is 5.69 Å². The molecule has 0 spiro atoms. The van der Waals surface area contributed by atoms with Gasteiger partial charge in [0.15, 0.2) is 0 Å². The molecule has 1 aromatic carbocycles. The number of hydrogen-bond donors (Lipinski definition) is 2. The highest BCUT2D eigenvalue weighted by molar-refractivity contribution is 7.99. The summed E-state index contributed by atoms with van der Waals surface area (Å²) in [5, 5.41) is 5.93. The van der Waals surface area contributed by atoms with E-state index in [1.165, 1.54) is 43.9 Å². The molecule has 1 aromatic heterocycles. The van der Waals surface area contributed by atoms with Crippen LogP contribution in [0.5, 0.6) is 0 Å². The van der Waals surface area contributed by atoms with Crippen LogP contribution in [0.15, 0.2) is 46.5 Å². The summed E-state index contributed by atoms with van der Waals surface area (Å²) in [4.78, 5) is 30.8. The van der Waals surface area contributed by atoms with Crippen LogP contribution in [0.1, 0.15) is 59.2 Å². The summed E-state index contributed by atoms with van der Waals surface area (Å²) in [5.74, 6) is 0.462. The van der Waals surface area contributed by atoms with Crippen molar-refractivity contribution in [3.8, 4) is 0 Å². The van der Waals surface area contributed by atoms with Gasteiger partial charge in [-0.2, -0.15) is 0 Å². The van der Waals surface area contributed by atoms with E-state index >= 15 is 0 Å². The molecule has 140 valence electrons. The van der Waals surface area contributed by atoms with E-state index in [2.05, 4.69) is 15.6 Å². The van der Waals surface area contributed by atoms with Crippen molar-refractivity contribution in [1.82, 2.24) is 10.3 Å². The van der Waals surface area contributed by atoms with Gasteiger partial charge in [0.1, 0.15) is 0 Å². The summed E-state index contributed by atoms with van der Waals surface area (Å²) >= 11 is 1.51. The Bertz CT molecular complexity index is 862. The molecule has 27 heavy (non-hydrogen) atoms. The number of carbonyl (C=O) groups excluding carboxylic acids is 2. The highest BCUT2D eigenvalue weighted by atomic mass is 32.2. The van der Waals surface area contributed by atoms with E-state index in [1.54, 1.807) is 18.5 Å². The van der Waals surface area contributed by atoms with Crippen LogP contribution >= 0.6 is 11.8 Å². The van der Waals surface area contributed by atoms with E-state index in [-0.39, 0.29) is 11.8 Å². The lowest BCUT2D eigenvalue weighted by Gasteiger charge is -2.21. The first-order valence-corrected chi connectivity index (χ1v) is 10.4. The quantitative estimate of drug-likeness (QED) is 0.818. The third kappa shape index (κ3) is 4.16. The number of hydrogen-bond acceptors (Lipinski definition) is 4. The number of rotatable bonds is 4. The minimum atomic E-state index is -0.195. The predicted octanol–water partition coefficient (Wildman–Crippen LogP) is 4.50. The van der Waals surface area contributed by atoms with Gasteiger partial charge < -0.3 is 10.6 Å². The molecule has 1 saturated carbocycles. The molecule has 2 N–H and O–H groups in total. The number of nitrogens with one attached hydrogen (secondary N) is 2. The van der Waals surface area contributed by atoms with E-state index in [0.717, 1.165) is 22.1 Å². The van der Waals surface area contributed by atoms with Crippen LogP contribution < -0.4 is 10.6 Å². The van der Waals surface area contributed by atoms with E-state index < -0.39 is 0 Å². The first-order chi connectivity index (χ1) is 13.2. The molecule has 4 rings (SSSR count). The molecule has 0 radical (unpaired) electrons. The fourth-order valence-electron chi connectivity index (χ4n) is 3.77. The first-order valence-electron chi connectivity index (χ1n) is 9.56. The van der Waals surface area contributed by atoms with Crippen LogP contribution in [0.2, 0.25) is 0 Å². The Labute approximate surface area is 163 Å². The molecule has 1 aliphatic heterocycles. The maximum absolute atomic E-state index is 12.5. The van der Waals surface area contributed by atoms with Crippen molar-refractivity contribution in [2.24, 2.45) is 5.92 Å². The maximum Gasteiger partial charge on any atom is 0.258 e. The molecule has 5 nitrogen and oxygen atoms in total. The summed E-state index contributed by atoms with van der Waals surface area (Å²) in [6, 6.07) is 7.31. The lowest BCUT2D eigenvalue weighted by molar-refractivity contribution is 0.0948. The molecule has 0 unspecified atom stereocenters. The molecular weight excluding hydrogens is 358 g/mol. The lowest BCUT2D eigenvalue weighted by atomic mass is 9.87. The molecule has 1 fully saturated rings. The second-order valence-corrected chi connectivity index (χ2v) is 8.27. The van der Waals surface area contributed by atoms with Gasteiger partial charge in [-0.3, -0.25) is 14.6 Å². The Morgan fingerprint density at radius 1 is 1.19 bits per heavy atom. The molecular formula is C21H23N3O2S. The van der Waals surface area contributed by atoms with Crippen LogP contribution in [-0.2, 0) is 0 Å². The standard InChI is InChI=1S/C21H23N3O2S/c25-20(23-11-8-14-4-2-1-3-5-14)15-6-7-19-17(12-15)24-21(26)16-13-22-10-9-18(16)27-19/h6-7,9-10,12-14H,1-5,8,11H2,(H,23,25)(H,24,26). The zero-order valence-corrected chi connectivity index (χ0v) is 16.0. The third-order valence-corrected chi connectivity index (χ3v) is 6.45. The Hall–Kier alpha value is -2.34. The van der Waals surface area contributed by atoms with Gasteiger partial charge in [0.25, 0.3) is 11.8 Å². The summed E-state index contributed by atoms with van der Waals surface area (Å²) in [6.45, 7) is 0.707. The van der Waals surface area contributed by atoms with Crippen LogP contribution in [-0.4, -0.2) is 23.3 Å². The van der Waals surface area contributed by atoms with Crippen molar-refractivity contribution in [1.29, 1.82) is 0 Å². The molecule has 0 bridgehead atoms. The van der Waals surface area contributed by atoms with Crippen molar-refractivity contribution in [3.05, 3.63) is 47.8 Å². The number of nitrogens with zero attached hydrogens (tertiary/aromatic N) is 1. The molecule has 2 amide bonds. The zero-order valence-electron chi connectivity index (χ0n) is 15.2. The van der Waals surface area contributed by atoms with Gasteiger partial charge in [0, 0.05) is 34.3 Å². The van der Waals surface area contributed by atoms with Crippen LogP contribution in [0.25, 0.3) is 0 Å². The van der Waals surface area contributed by atoms with Gasteiger partial charge in [-0.05, 0) is 36.6 Å². The van der Waals surface area contributed by atoms with Gasteiger partial charge >= 0.3 is 0 Å². The highest BCUT2D eigenvalue weighted by Gasteiger charge is 2.21. The zero-order chi connectivity index (χ0) is 18.6. The molecule has 1 aliphatic carbocycles. The van der Waals surface area contributed by atoms with E-state index in [0.29, 0.717) is 23.4 Å².